The highest BCUT2D eigenvalue weighted by Crippen LogP contribution is 2.26. The van der Waals surface area contributed by atoms with Crippen LogP contribution in [0.2, 0.25) is 0 Å². The lowest BCUT2D eigenvalue weighted by molar-refractivity contribution is -0.119. The molecule has 0 radical (unpaired) electrons. The Morgan fingerprint density at radius 2 is 1.96 bits per heavy atom. The number of hydrogen-bond donors (Lipinski definition) is 1. The number of hydrogen-bond acceptors (Lipinski definition) is 4. The van der Waals surface area contributed by atoms with Gasteiger partial charge >= 0.3 is 0 Å². The van der Waals surface area contributed by atoms with Crippen molar-refractivity contribution in [3.63, 3.8) is 0 Å². The molecular weight excluding hydrogens is 306 g/mol. The van der Waals surface area contributed by atoms with Crippen LogP contribution in [0, 0.1) is 12.8 Å². The maximum atomic E-state index is 12.2. The molecule has 0 atom stereocenters. The van der Waals surface area contributed by atoms with Gasteiger partial charge in [0.1, 0.15) is 10.9 Å². The lowest BCUT2D eigenvalue weighted by Crippen LogP contribution is -2.38. The van der Waals surface area contributed by atoms with Crippen molar-refractivity contribution in [3.05, 3.63) is 30.1 Å². The van der Waals surface area contributed by atoms with Crippen LogP contribution in [-0.2, 0) is 4.79 Å². The maximum absolute atomic E-state index is 12.2. The Hall–Kier alpha value is -1.62. The molecule has 1 aromatic heterocycles. The first-order valence-corrected chi connectivity index (χ1v) is 9.26. The van der Waals surface area contributed by atoms with E-state index in [4.69, 9.17) is 0 Å². The molecule has 2 aromatic rings. The second-order valence-electron chi connectivity index (χ2n) is 6.41. The van der Waals surface area contributed by atoms with Crippen molar-refractivity contribution in [2.45, 2.75) is 50.6 Å². The fourth-order valence-corrected chi connectivity index (χ4v) is 3.95. The lowest BCUT2D eigenvalue weighted by atomic mass is 9.87. The van der Waals surface area contributed by atoms with Crippen LogP contribution in [0.1, 0.15) is 38.4 Å². The molecule has 122 valence electrons. The number of carbonyl (C=O) groups is 1. The summed E-state index contributed by atoms with van der Waals surface area (Å²) in [6, 6.07) is 8.30. The second kappa shape index (κ2) is 7.30. The van der Waals surface area contributed by atoms with Crippen LogP contribution in [0.15, 0.2) is 29.3 Å². The summed E-state index contributed by atoms with van der Waals surface area (Å²) < 4.78 is 0. The molecule has 1 aliphatic carbocycles. The zero-order chi connectivity index (χ0) is 16.2. The molecule has 1 saturated carbocycles. The summed E-state index contributed by atoms with van der Waals surface area (Å²) in [4.78, 5) is 21.2. The molecule has 0 spiro atoms. The smallest absolute Gasteiger partial charge is 0.230 e. The van der Waals surface area contributed by atoms with E-state index < -0.39 is 0 Å². The highest BCUT2D eigenvalue weighted by Gasteiger charge is 2.20. The zero-order valence-electron chi connectivity index (χ0n) is 13.7. The Balaban J connectivity index is 1.61. The molecule has 1 aliphatic rings. The van der Waals surface area contributed by atoms with Crippen molar-refractivity contribution in [2.24, 2.45) is 5.92 Å². The highest BCUT2D eigenvalue weighted by atomic mass is 32.2. The van der Waals surface area contributed by atoms with E-state index in [1.165, 1.54) is 24.6 Å². The molecule has 1 fully saturated rings. The third kappa shape index (κ3) is 4.22. The Kier molecular flexibility index (Phi) is 5.16. The van der Waals surface area contributed by atoms with Crippen molar-refractivity contribution in [1.82, 2.24) is 15.3 Å². The molecule has 4 nitrogen and oxygen atoms in total. The largest absolute Gasteiger partial charge is 0.353 e. The Morgan fingerprint density at radius 1 is 1.22 bits per heavy atom. The number of amides is 1. The van der Waals surface area contributed by atoms with Crippen molar-refractivity contribution >= 4 is 28.6 Å². The van der Waals surface area contributed by atoms with E-state index in [2.05, 4.69) is 22.2 Å². The van der Waals surface area contributed by atoms with Gasteiger partial charge in [-0.05, 0) is 44.6 Å². The molecule has 1 N–H and O–H groups in total. The quantitative estimate of drug-likeness (QED) is 0.686. The van der Waals surface area contributed by atoms with Crippen molar-refractivity contribution in [2.75, 3.05) is 5.75 Å². The molecule has 1 amide bonds. The van der Waals surface area contributed by atoms with Gasteiger partial charge in [-0.3, -0.25) is 4.79 Å². The Labute approximate surface area is 141 Å². The number of aryl methyl sites for hydroxylation is 1. The third-order valence-corrected chi connectivity index (χ3v) is 5.39. The highest BCUT2D eigenvalue weighted by molar-refractivity contribution is 8.00. The topological polar surface area (TPSA) is 54.9 Å². The van der Waals surface area contributed by atoms with E-state index in [1.807, 2.05) is 31.2 Å². The molecule has 5 heteroatoms. The number of aromatic nitrogens is 2. The fraction of sp³-hybridized carbons (Fsp3) is 0.500. The normalized spacial score (nSPS) is 21.3. The number of nitrogens with zero attached hydrogens (tertiary/aromatic N) is 2. The number of nitrogens with one attached hydrogen (secondary N) is 1. The predicted octanol–water partition coefficient (Wildman–Crippen LogP) is 3.73. The van der Waals surface area contributed by atoms with Gasteiger partial charge in [-0.25, -0.2) is 9.97 Å². The van der Waals surface area contributed by atoms with E-state index in [9.17, 15) is 4.79 Å². The maximum Gasteiger partial charge on any atom is 0.230 e. The number of fused-ring (bicyclic) bond motifs is 1. The standard InChI is InChI=1S/C18H23N3OS/c1-12-7-9-14(10-8-12)21-17(22)11-23-18-15-5-3-4-6-16(15)19-13(2)20-18/h3-6,12,14H,7-11H2,1-2H3,(H,21,22). The van der Waals surface area contributed by atoms with E-state index in [1.54, 1.807) is 0 Å². The number of rotatable bonds is 4. The predicted molar refractivity (Wildman–Crippen MR) is 94.6 cm³/mol. The van der Waals surface area contributed by atoms with Crippen molar-refractivity contribution < 1.29 is 4.79 Å². The van der Waals surface area contributed by atoms with Gasteiger partial charge in [0.15, 0.2) is 0 Å². The third-order valence-electron chi connectivity index (χ3n) is 4.40. The van der Waals surface area contributed by atoms with Gasteiger partial charge in [0.05, 0.1) is 11.3 Å². The molecule has 1 heterocycles. The zero-order valence-corrected chi connectivity index (χ0v) is 14.5. The molecule has 1 aromatic carbocycles. The number of thioether (sulfide) groups is 1. The van der Waals surface area contributed by atoms with Gasteiger partial charge in [-0.1, -0.05) is 36.9 Å². The van der Waals surface area contributed by atoms with Crippen molar-refractivity contribution in [1.29, 1.82) is 0 Å². The summed E-state index contributed by atoms with van der Waals surface area (Å²) in [5, 5.41) is 5.07. The summed E-state index contributed by atoms with van der Waals surface area (Å²) in [5.74, 6) is 2.06. The molecule has 0 aliphatic heterocycles. The summed E-state index contributed by atoms with van der Waals surface area (Å²) in [6.45, 7) is 4.18. The number of benzene rings is 1. The van der Waals surface area contributed by atoms with Crippen LogP contribution < -0.4 is 5.32 Å². The van der Waals surface area contributed by atoms with E-state index in [0.717, 1.165) is 40.5 Å². The van der Waals surface area contributed by atoms with Gasteiger partial charge in [0.2, 0.25) is 5.91 Å². The molecule has 3 rings (SSSR count). The van der Waals surface area contributed by atoms with Crippen LogP contribution in [-0.4, -0.2) is 27.7 Å². The van der Waals surface area contributed by atoms with Gasteiger partial charge in [0, 0.05) is 11.4 Å². The average Bonchev–Trinajstić information content (AvgIpc) is 2.54. The first-order valence-electron chi connectivity index (χ1n) is 8.27. The summed E-state index contributed by atoms with van der Waals surface area (Å²) >= 11 is 1.50. The average molecular weight is 329 g/mol. The van der Waals surface area contributed by atoms with Crippen LogP contribution in [0.25, 0.3) is 10.9 Å². The van der Waals surface area contributed by atoms with Crippen molar-refractivity contribution in [3.8, 4) is 0 Å². The lowest BCUT2D eigenvalue weighted by Gasteiger charge is -2.26. The Bertz CT molecular complexity index is 696. The minimum atomic E-state index is 0.106. The second-order valence-corrected chi connectivity index (χ2v) is 7.37. The minimum Gasteiger partial charge on any atom is -0.353 e. The molecule has 0 saturated heterocycles. The number of carbonyl (C=O) groups excluding carboxylic acids is 1. The van der Waals surface area contributed by atoms with Crippen LogP contribution in [0.3, 0.4) is 0 Å². The van der Waals surface area contributed by atoms with Crippen LogP contribution in [0.5, 0.6) is 0 Å². The fourth-order valence-electron chi connectivity index (χ4n) is 3.08. The molecule has 0 bridgehead atoms. The first-order chi connectivity index (χ1) is 11.1. The van der Waals surface area contributed by atoms with Gasteiger partial charge < -0.3 is 5.32 Å². The first kappa shape index (κ1) is 16.2. The summed E-state index contributed by atoms with van der Waals surface area (Å²) in [5.41, 5.74) is 0.934. The molecular formula is C18H23N3OS. The van der Waals surface area contributed by atoms with Crippen LogP contribution in [0.4, 0.5) is 0 Å². The molecule has 23 heavy (non-hydrogen) atoms. The van der Waals surface area contributed by atoms with E-state index >= 15 is 0 Å². The van der Waals surface area contributed by atoms with E-state index in [-0.39, 0.29) is 5.91 Å². The number of para-hydroxylation sites is 1. The minimum absolute atomic E-state index is 0.106. The van der Waals surface area contributed by atoms with Gasteiger partial charge in [0.25, 0.3) is 0 Å². The Morgan fingerprint density at radius 3 is 2.74 bits per heavy atom. The summed E-state index contributed by atoms with van der Waals surface area (Å²) in [7, 11) is 0. The van der Waals surface area contributed by atoms with E-state index in [0.29, 0.717) is 11.8 Å². The van der Waals surface area contributed by atoms with Gasteiger partial charge in [-0.2, -0.15) is 0 Å². The SMILES string of the molecule is Cc1nc(SCC(=O)NC2CCC(C)CC2)c2ccccc2n1. The molecule has 0 unspecified atom stereocenters. The van der Waals surface area contributed by atoms with Crippen LogP contribution >= 0.6 is 11.8 Å². The monoisotopic (exact) mass is 329 g/mol. The summed E-state index contributed by atoms with van der Waals surface area (Å²) in [6.07, 6.45) is 4.64. The van der Waals surface area contributed by atoms with Gasteiger partial charge in [-0.15, -0.1) is 0 Å².